The van der Waals surface area contributed by atoms with Gasteiger partial charge in [-0.2, -0.15) is 13.2 Å². The SMILES string of the molecule is C=C1CCC(C(=O)NC(C)(C)C)CN1CC.CC(C)(C)NC(=O)N1CCCC2(CC2)C1.CC1CN(C(=O)NC(C)(C)C)CCN1.CCCN1CCN(C(=O)NC(C)(C)C)CC1.CCCN1CCN(C(=O)NC(C)(C)C)CC12CC2.CN1CCN(C(=O)NC(C)(C)C)CC12CC2.CN1CCN(C(=O)NC(C)(C)C)CC1C(F)(F)F. The van der Waals surface area contributed by atoms with Crippen LogP contribution in [0.2, 0.25) is 0 Å². The minimum absolute atomic E-state index is 0.0471. The highest BCUT2D eigenvalue weighted by molar-refractivity contribution is 5.80. The van der Waals surface area contributed by atoms with E-state index in [2.05, 4.69) is 103 Å². The Hall–Kier alpha value is -5.78. The number of rotatable bonds is 6. The van der Waals surface area contributed by atoms with Crippen LogP contribution in [-0.4, -0.2) is 322 Å². The summed E-state index contributed by atoms with van der Waals surface area (Å²) in [5.41, 5.74) is 1.04. The van der Waals surface area contributed by atoms with Gasteiger partial charge in [-0.3, -0.25) is 24.4 Å². The third-order valence-electron chi connectivity index (χ3n) is 21.4. The first-order valence-corrected chi connectivity index (χ1v) is 42.6. The number of hydrogen-bond acceptors (Lipinski definition) is 13. The van der Waals surface area contributed by atoms with Crippen molar-refractivity contribution in [1.29, 1.82) is 0 Å². The number of hydrogen-bond donors (Lipinski definition) is 8. The van der Waals surface area contributed by atoms with Crippen molar-refractivity contribution in [2.75, 3.05) is 158 Å². The molecule has 113 heavy (non-hydrogen) atoms. The molecule has 10 aliphatic rings. The molecule has 10 rings (SSSR count). The van der Waals surface area contributed by atoms with E-state index in [4.69, 9.17) is 0 Å². The number of carbonyl (C=O) groups is 7. The number of likely N-dealkylation sites (tertiary alicyclic amines) is 2. The van der Waals surface area contributed by atoms with Crippen molar-refractivity contribution in [1.82, 2.24) is 96.4 Å². The Morgan fingerprint density at radius 1 is 0.442 bits per heavy atom. The zero-order valence-electron chi connectivity index (χ0n) is 75.9. The summed E-state index contributed by atoms with van der Waals surface area (Å²) < 4.78 is 38.3. The average Bonchev–Trinajstić information content (AvgIpc) is 1.61. The van der Waals surface area contributed by atoms with Crippen molar-refractivity contribution in [3.05, 3.63) is 12.3 Å². The average molecular weight is 1610 g/mol. The first kappa shape index (κ1) is 99.6. The summed E-state index contributed by atoms with van der Waals surface area (Å²) in [6, 6.07) is -1.20. The van der Waals surface area contributed by atoms with Gasteiger partial charge in [-0.25, -0.2) is 28.8 Å². The topological polar surface area (TPSA) is 251 Å². The number of urea groups is 6. The van der Waals surface area contributed by atoms with Gasteiger partial charge in [0.15, 0.2) is 0 Å². The number of nitrogens with zero attached hydrogens (tertiary/aromatic N) is 11. The normalized spacial score (nSPS) is 22.7. The van der Waals surface area contributed by atoms with Gasteiger partial charge in [0, 0.05) is 192 Å². The van der Waals surface area contributed by atoms with Gasteiger partial charge in [-0.05, 0) is 269 Å². The Bertz CT molecular complexity index is 3020. The van der Waals surface area contributed by atoms with Gasteiger partial charge >= 0.3 is 42.4 Å². The van der Waals surface area contributed by atoms with E-state index in [1.54, 1.807) is 20.8 Å². The molecule has 0 aromatic carbocycles. The van der Waals surface area contributed by atoms with Crippen LogP contribution in [0.3, 0.4) is 0 Å². The van der Waals surface area contributed by atoms with E-state index in [-0.39, 0.29) is 88.3 Å². The second-order valence-electron chi connectivity index (χ2n) is 41.0. The Morgan fingerprint density at radius 2 is 0.841 bits per heavy atom. The summed E-state index contributed by atoms with van der Waals surface area (Å²) >= 11 is 0. The lowest BCUT2D eigenvalue weighted by Crippen LogP contribution is -2.61. The van der Waals surface area contributed by atoms with Crippen molar-refractivity contribution < 1.29 is 46.7 Å². The number of carbonyl (C=O) groups excluding carboxylic acids is 7. The smallest absolute Gasteiger partial charge is 0.375 e. The number of halogens is 3. The highest BCUT2D eigenvalue weighted by Gasteiger charge is 2.53. The number of allylic oxidation sites excluding steroid dienone is 1. The van der Waals surface area contributed by atoms with Crippen LogP contribution in [0.1, 0.15) is 250 Å². The third-order valence-corrected chi connectivity index (χ3v) is 21.4. The van der Waals surface area contributed by atoms with Crippen molar-refractivity contribution in [2.24, 2.45) is 11.3 Å². The van der Waals surface area contributed by atoms with Crippen LogP contribution < -0.4 is 42.5 Å². The van der Waals surface area contributed by atoms with E-state index in [9.17, 15) is 46.7 Å². The fourth-order valence-corrected chi connectivity index (χ4v) is 14.8. The number of piperazine rings is 5. The minimum atomic E-state index is -4.31. The summed E-state index contributed by atoms with van der Waals surface area (Å²) in [4.78, 5) is 105. The largest absolute Gasteiger partial charge is 0.405 e. The molecule has 7 heterocycles. The van der Waals surface area contributed by atoms with Crippen molar-refractivity contribution in [3.63, 3.8) is 0 Å². The second kappa shape index (κ2) is 41.6. The molecular formula is C84H162F3N19O7. The lowest BCUT2D eigenvalue weighted by atomic mass is 9.94. The van der Waals surface area contributed by atoms with E-state index in [0.29, 0.717) is 29.1 Å². The predicted molar refractivity (Wildman–Crippen MR) is 452 cm³/mol. The fraction of sp³-hybridized carbons (Fsp3) is 0.893. The highest BCUT2D eigenvalue weighted by Crippen LogP contribution is 2.52. The van der Waals surface area contributed by atoms with Crippen molar-refractivity contribution in [3.8, 4) is 0 Å². The van der Waals surface area contributed by atoms with E-state index in [1.807, 2.05) is 149 Å². The van der Waals surface area contributed by atoms with Gasteiger partial charge in [-0.1, -0.05) is 20.4 Å². The van der Waals surface area contributed by atoms with Crippen LogP contribution in [0.5, 0.6) is 0 Å². The predicted octanol–water partition coefficient (Wildman–Crippen LogP) is 11.8. The summed E-state index contributed by atoms with van der Waals surface area (Å²) in [6.07, 6.45) is 10.1. The summed E-state index contributed by atoms with van der Waals surface area (Å²) in [5, 5.41) is 24.2. The maximum atomic E-state index is 12.8. The molecule has 656 valence electrons. The number of likely N-dealkylation sites (N-methyl/N-ethyl adjacent to an activating group) is 2. The van der Waals surface area contributed by atoms with Gasteiger partial charge in [0.05, 0.1) is 5.92 Å². The zero-order valence-corrected chi connectivity index (χ0v) is 75.9. The van der Waals surface area contributed by atoms with Gasteiger partial charge in [0.2, 0.25) is 5.91 Å². The van der Waals surface area contributed by atoms with Gasteiger partial charge in [-0.15, -0.1) is 0 Å². The highest BCUT2D eigenvalue weighted by atomic mass is 19.4. The van der Waals surface area contributed by atoms with Crippen LogP contribution in [-0.2, 0) is 4.79 Å². The standard InChI is InChI=1S/C14H27N3O.C13H24N2O.C12H23N3O.C12H25N3O.C12H22N2O.C11H20F3N3O.C10H21N3O/c1-5-8-17-10-9-16(11-14(17)6-7-14)12(18)15-13(2,3)4;1-6-15-9-11(8-7-10(15)2)12(16)14-13(3,4)5;1-11(2,3)13-10(16)15-8-7-14(4)12(9-15)5-6-12;1-5-6-14-7-9-15(10-8-14)11(16)13-12(2,3)4;1-11(2,3)13-10(15)14-8-4-5-12(9-14)6-7-12;1-10(2,3)15-9(18)17-6-5-16(4)8(7-17)11(12,13)14;1-8-7-13(6-5-11-8)9(14)12-10(2,3)4/h5-11H2,1-4H3,(H,15,18);11H,2,6-9H2,1,3-5H3,(H,14,16);5-9H2,1-4H3,(H,13,16);5-10H2,1-4H3,(H,13,16);4-9H2,1-3H3,(H,13,15);8H,5-7H2,1-4H3,(H,15,18);8,11H,5-7H2,1-4H3,(H,12,14). The van der Waals surface area contributed by atoms with Crippen molar-refractivity contribution >= 4 is 42.1 Å². The molecule has 3 atom stereocenters. The Morgan fingerprint density at radius 3 is 1.25 bits per heavy atom. The lowest BCUT2D eigenvalue weighted by molar-refractivity contribution is -0.190. The second-order valence-corrected chi connectivity index (χ2v) is 41.0. The molecule has 7 saturated heterocycles. The molecule has 3 aliphatic carbocycles. The molecule has 0 aromatic heterocycles. The van der Waals surface area contributed by atoms with Gasteiger partial charge in [0.1, 0.15) is 6.04 Å². The molecule has 13 amide bonds. The Labute approximate surface area is 682 Å². The molecule has 26 nitrogen and oxygen atoms in total. The summed E-state index contributed by atoms with van der Waals surface area (Å²) in [5.74, 6) is 0.295. The zero-order chi connectivity index (χ0) is 85.9. The van der Waals surface area contributed by atoms with Gasteiger partial charge < -0.3 is 76.8 Å². The molecule has 7 aliphatic heterocycles. The van der Waals surface area contributed by atoms with Crippen molar-refractivity contribution in [2.45, 2.75) is 318 Å². The molecule has 0 aromatic rings. The van der Waals surface area contributed by atoms with E-state index < -0.39 is 23.8 Å². The molecule has 3 unspecified atom stereocenters. The lowest BCUT2D eigenvalue weighted by Gasteiger charge is -2.42. The third kappa shape index (κ3) is 37.2. The van der Waals surface area contributed by atoms with Crippen LogP contribution >= 0.6 is 0 Å². The molecule has 0 bridgehead atoms. The first-order chi connectivity index (χ1) is 51.7. The van der Waals surface area contributed by atoms with E-state index in [0.717, 1.165) is 131 Å². The molecule has 10 fully saturated rings. The maximum absolute atomic E-state index is 12.8. The maximum Gasteiger partial charge on any atom is 0.405 e. The first-order valence-electron chi connectivity index (χ1n) is 42.6. The van der Waals surface area contributed by atoms with E-state index in [1.165, 1.54) is 93.3 Å². The summed E-state index contributed by atoms with van der Waals surface area (Å²) in [7, 11) is 3.60. The van der Waals surface area contributed by atoms with Crippen LogP contribution in [0, 0.1) is 11.3 Å². The Kier molecular flexibility index (Phi) is 36.6. The monoisotopic (exact) mass is 1610 g/mol. The number of amides is 13. The van der Waals surface area contributed by atoms with Crippen LogP contribution in [0.4, 0.5) is 41.9 Å². The number of nitrogens with one attached hydrogen (secondary N) is 8. The minimum Gasteiger partial charge on any atom is -0.375 e. The van der Waals surface area contributed by atoms with E-state index >= 15 is 0 Å². The number of piperidine rings is 2. The van der Waals surface area contributed by atoms with Gasteiger partial charge in [0.25, 0.3) is 0 Å². The molecule has 3 spiro atoms. The van der Waals surface area contributed by atoms with Crippen LogP contribution in [0.25, 0.3) is 0 Å². The Balaban J connectivity index is 0.000000278. The summed E-state index contributed by atoms with van der Waals surface area (Å²) in [6.45, 7) is 72.3. The fourth-order valence-electron chi connectivity index (χ4n) is 14.8. The van der Waals surface area contributed by atoms with Crippen LogP contribution in [0.15, 0.2) is 12.3 Å². The molecule has 8 N–H and O–H groups in total. The molecular weight excluding hydrogens is 1440 g/mol. The number of alkyl halides is 3. The quantitative estimate of drug-likeness (QED) is 0.123. The molecule has 3 saturated carbocycles. The molecule has 0 radical (unpaired) electrons. The molecule has 29 heteroatoms.